The number of rotatable bonds is 6. The van der Waals surface area contributed by atoms with Crippen molar-refractivity contribution in [1.29, 1.82) is 0 Å². The second-order valence-electron chi connectivity index (χ2n) is 5.76. The van der Waals surface area contributed by atoms with Crippen molar-refractivity contribution in [2.24, 2.45) is 5.92 Å². The van der Waals surface area contributed by atoms with Gasteiger partial charge in [-0.25, -0.2) is 4.98 Å². The largest absolute Gasteiger partial charge is 0.354 e. The van der Waals surface area contributed by atoms with Gasteiger partial charge in [0.2, 0.25) is 5.91 Å². The topological polar surface area (TPSA) is 71.1 Å². The summed E-state index contributed by atoms with van der Waals surface area (Å²) in [5.41, 5.74) is 0.783. The van der Waals surface area contributed by atoms with E-state index in [-0.39, 0.29) is 17.7 Å². The van der Waals surface area contributed by atoms with Gasteiger partial charge in [0, 0.05) is 19.0 Å². The van der Waals surface area contributed by atoms with E-state index < -0.39 is 0 Å². The van der Waals surface area contributed by atoms with Crippen molar-refractivity contribution in [1.82, 2.24) is 15.6 Å². The minimum atomic E-state index is -0.0957. The lowest BCUT2D eigenvalue weighted by Gasteiger charge is -2.20. The number of hydrogen-bond acceptors (Lipinski definition) is 4. The number of aromatic nitrogens is 1. The Balaban J connectivity index is 1.70. The number of nitrogens with zero attached hydrogens (tertiary/aromatic N) is 1. The molecule has 0 radical (unpaired) electrons. The Morgan fingerprint density at radius 2 is 1.86 bits per heavy atom. The number of carbonyl (C=O) groups is 2. The van der Waals surface area contributed by atoms with Crippen LogP contribution in [0.2, 0.25) is 0 Å². The summed E-state index contributed by atoms with van der Waals surface area (Å²) >= 11 is 1.44. The van der Waals surface area contributed by atoms with Crippen molar-refractivity contribution < 1.29 is 9.59 Å². The summed E-state index contributed by atoms with van der Waals surface area (Å²) < 4.78 is 0. The van der Waals surface area contributed by atoms with Crippen LogP contribution >= 0.6 is 11.3 Å². The monoisotopic (exact) mass is 323 g/mol. The maximum atomic E-state index is 12.1. The Labute approximate surface area is 135 Å². The van der Waals surface area contributed by atoms with E-state index >= 15 is 0 Å². The van der Waals surface area contributed by atoms with Gasteiger partial charge in [0.25, 0.3) is 5.91 Å². The highest BCUT2D eigenvalue weighted by atomic mass is 32.1. The van der Waals surface area contributed by atoms with Gasteiger partial charge >= 0.3 is 0 Å². The molecule has 1 aliphatic rings. The fourth-order valence-electron chi connectivity index (χ4n) is 2.77. The van der Waals surface area contributed by atoms with Crippen LogP contribution in [0, 0.1) is 12.8 Å². The number of nitrogens with one attached hydrogen (secondary N) is 2. The summed E-state index contributed by atoms with van der Waals surface area (Å²) in [6, 6.07) is 0. The zero-order chi connectivity index (χ0) is 15.9. The van der Waals surface area contributed by atoms with E-state index in [4.69, 9.17) is 0 Å². The molecule has 0 saturated heterocycles. The van der Waals surface area contributed by atoms with Crippen LogP contribution in [0.25, 0.3) is 0 Å². The third-order valence-electron chi connectivity index (χ3n) is 4.04. The summed E-state index contributed by atoms with van der Waals surface area (Å²) in [4.78, 5) is 29.1. The smallest absolute Gasteiger partial charge is 0.263 e. The molecule has 0 spiro atoms. The van der Waals surface area contributed by atoms with Gasteiger partial charge < -0.3 is 10.6 Å². The van der Waals surface area contributed by atoms with Crippen LogP contribution in [0.5, 0.6) is 0 Å². The van der Waals surface area contributed by atoms with E-state index in [0.717, 1.165) is 42.8 Å². The molecule has 1 aromatic rings. The van der Waals surface area contributed by atoms with E-state index in [0.29, 0.717) is 18.0 Å². The third-order valence-corrected chi connectivity index (χ3v) is 5.34. The lowest BCUT2D eigenvalue weighted by atomic mass is 9.89. The fourth-order valence-corrected chi connectivity index (χ4v) is 3.69. The van der Waals surface area contributed by atoms with E-state index in [2.05, 4.69) is 15.6 Å². The van der Waals surface area contributed by atoms with E-state index in [1.807, 2.05) is 13.8 Å². The summed E-state index contributed by atoms with van der Waals surface area (Å²) in [6.07, 6.45) is 6.39. The summed E-state index contributed by atoms with van der Waals surface area (Å²) in [5, 5.41) is 6.76. The van der Waals surface area contributed by atoms with Crippen molar-refractivity contribution in [3.8, 4) is 0 Å². The second kappa shape index (κ2) is 8.27. The van der Waals surface area contributed by atoms with Crippen molar-refractivity contribution in [2.75, 3.05) is 13.1 Å². The second-order valence-corrected chi connectivity index (χ2v) is 6.84. The first-order chi connectivity index (χ1) is 10.6. The number of aryl methyl sites for hydroxylation is 2. The zero-order valence-corrected chi connectivity index (χ0v) is 14.2. The van der Waals surface area contributed by atoms with E-state index in [1.54, 1.807) is 0 Å². The van der Waals surface area contributed by atoms with Gasteiger partial charge in [-0.1, -0.05) is 26.2 Å². The molecule has 6 heteroatoms. The molecule has 1 saturated carbocycles. The molecule has 0 bridgehead atoms. The molecule has 122 valence electrons. The highest BCUT2D eigenvalue weighted by molar-refractivity contribution is 7.13. The van der Waals surface area contributed by atoms with Crippen molar-refractivity contribution in [3.63, 3.8) is 0 Å². The first kappa shape index (κ1) is 16.9. The average molecular weight is 323 g/mol. The fraction of sp³-hybridized carbons (Fsp3) is 0.688. The highest BCUT2D eigenvalue weighted by Crippen LogP contribution is 2.23. The maximum absolute atomic E-state index is 12.1. The summed E-state index contributed by atoms with van der Waals surface area (Å²) in [6.45, 7) is 4.83. The van der Waals surface area contributed by atoms with Gasteiger partial charge in [-0.15, -0.1) is 11.3 Å². The quantitative estimate of drug-likeness (QED) is 0.790. The van der Waals surface area contributed by atoms with E-state index in [9.17, 15) is 9.59 Å². The number of carbonyl (C=O) groups excluding carboxylic acids is 2. The lowest BCUT2D eigenvalue weighted by Crippen LogP contribution is -2.38. The number of hydrogen-bond donors (Lipinski definition) is 2. The molecule has 0 unspecified atom stereocenters. The molecular formula is C16H25N3O2S. The van der Waals surface area contributed by atoms with Gasteiger partial charge in [-0.3, -0.25) is 9.59 Å². The summed E-state index contributed by atoms with van der Waals surface area (Å²) in [7, 11) is 0. The molecule has 1 heterocycles. The lowest BCUT2D eigenvalue weighted by molar-refractivity contribution is -0.125. The van der Waals surface area contributed by atoms with Gasteiger partial charge in [-0.05, 0) is 26.2 Å². The average Bonchev–Trinajstić information content (AvgIpc) is 2.93. The SMILES string of the molecule is CCc1nc(C)c(C(=O)NCCNC(=O)C2CCCCC2)s1. The Kier molecular flexibility index (Phi) is 6.36. The van der Waals surface area contributed by atoms with Gasteiger partial charge in [-0.2, -0.15) is 0 Å². The van der Waals surface area contributed by atoms with Crippen molar-refractivity contribution in [3.05, 3.63) is 15.6 Å². The minimum absolute atomic E-state index is 0.0957. The Morgan fingerprint density at radius 1 is 1.18 bits per heavy atom. The number of thiazole rings is 1. The standard InChI is InChI=1S/C16H25N3O2S/c1-3-13-19-11(2)14(22-13)16(21)18-10-9-17-15(20)12-7-5-4-6-8-12/h12H,3-10H2,1-2H3,(H,17,20)(H,18,21). The van der Waals surface area contributed by atoms with E-state index in [1.165, 1.54) is 17.8 Å². The van der Waals surface area contributed by atoms with Crippen LogP contribution in [0.15, 0.2) is 0 Å². The van der Waals surface area contributed by atoms with Crippen molar-refractivity contribution >= 4 is 23.2 Å². The molecule has 2 rings (SSSR count). The third kappa shape index (κ3) is 4.53. The molecule has 0 aliphatic heterocycles. The Bertz CT molecular complexity index is 521. The number of amides is 2. The Hall–Kier alpha value is -1.43. The molecule has 5 nitrogen and oxygen atoms in total. The molecule has 1 fully saturated rings. The molecule has 2 N–H and O–H groups in total. The van der Waals surface area contributed by atoms with Crippen LogP contribution in [-0.2, 0) is 11.2 Å². The molecule has 1 aromatic heterocycles. The normalized spacial score (nSPS) is 15.5. The maximum Gasteiger partial charge on any atom is 0.263 e. The molecule has 2 amide bonds. The van der Waals surface area contributed by atoms with Crippen LogP contribution in [0.1, 0.15) is 59.4 Å². The zero-order valence-electron chi connectivity index (χ0n) is 13.4. The molecule has 0 aromatic carbocycles. The summed E-state index contributed by atoms with van der Waals surface area (Å²) in [5.74, 6) is 0.207. The van der Waals surface area contributed by atoms with Gasteiger partial charge in [0.1, 0.15) is 4.88 Å². The van der Waals surface area contributed by atoms with Gasteiger partial charge in [0.05, 0.1) is 10.7 Å². The van der Waals surface area contributed by atoms with Crippen LogP contribution < -0.4 is 10.6 Å². The molecule has 22 heavy (non-hydrogen) atoms. The van der Waals surface area contributed by atoms with Crippen LogP contribution in [-0.4, -0.2) is 29.9 Å². The molecule has 0 atom stereocenters. The predicted molar refractivity (Wildman–Crippen MR) is 88.1 cm³/mol. The first-order valence-electron chi connectivity index (χ1n) is 8.14. The molecular weight excluding hydrogens is 298 g/mol. The first-order valence-corrected chi connectivity index (χ1v) is 8.95. The Morgan fingerprint density at radius 3 is 2.50 bits per heavy atom. The highest BCUT2D eigenvalue weighted by Gasteiger charge is 2.20. The molecule has 1 aliphatic carbocycles. The van der Waals surface area contributed by atoms with Crippen molar-refractivity contribution in [2.45, 2.75) is 52.4 Å². The minimum Gasteiger partial charge on any atom is -0.354 e. The van der Waals surface area contributed by atoms with Gasteiger partial charge in [0.15, 0.2) is 0 Å². The predicted octanol–water partition coefficient (Wildman–Crippen LogP) is 2.44. The van der Waals surface area contributed by atoms with Crippen LogP contribution in [0.3, 0.4) is 0 Å². The van der Waals surface area contributed by atoms with Crippen LogP contribution in [0.4, 0.5) is 0 Å².